The maximum Gasteiger partial charge on any atom is 0.254 e. The Balaban J connectivity index is 1.72. The number of hydrogen-bond donors (Lipinski definition) is 1. The Morgan fingerprint density at radius 3 is 2.88 bits per heavy atom. The molecule has 0 radical (unpaired) electrons. The number of pyridine rings is 1. The fourth-order valence-electron chi connectivity index (χ4n) is 4.45. The van der Waals surface area contributed by atoms with Gasteiger partial charge in [0.25, 0.3) is 5.91 Å². The molecule has 4 aromatic heterocycles. The van der Waals surface area contributed by atoms with Crippen LogP contribution >= 0.6 is 11.6 Å². The van der Waals surface area contributed by atoms with E-state index < -0.39 is 26.9 Å². The molecule has 5 heterocycles. The molecule has 4 aromatic rings. The zero-order valence-electron chi connectivity index (χ0n) is 18.0. The van der Waals surface area contributed by atoms with Crippen molar-refractivity contribution < 1.29 is 13.2 Å². The molecule has 2 atom stereocenters. The Hall–Kier alpha value is -3.18. The molecule has 12 heteroatoms. The topological polar surface area (TPSA) is 128 Å². The molecule has 1 fully saturated rings. The summed E-state index contributed by atoms with van der Waals surface area (Å²) >= 11 is 6.60. The second-order valence-electron chi connectivity index (χ2n) is 8.28. The summed E-state index contributed by atoms with van der Waals surface area (Å²) in [6, 6.07) is 3.54. The SMILES string of the molecule is C[C@@H](c1cc(Cl)c2cncn2c1N1CCS(=O)(=O)[C@H](C)C1)c1nn2cccnc2c1C(N)=O. The van der Waals surface area contributed by atoms with Crippen LogP contribution in [-0.2, 0) is 9.84 Å². The highest BCUT2D eigenvalue weighted by molar-refractivity contribution is 7.92. The molecule has 0 aliphatic carbocycles. The summed E-state index contributed by atoms with van der Waals surface area (Å²) in [4.78, 5) is 22.9. The van der Waals surface area contributed by atoms with Gasteiger partial charge in [-0.25, -0.2) is 22.9 Å². The number of fused-ring (bicyclic) bond motifs is 2. The quantitative estimate of drug-likeness (QED) is 0.465. The van der Waals surface area contributed by atoms with E-state index in [1.807, 2.05) is 22.3 Å². The lowest BCUT2D eigenvalue weighted by molar-refractivity contribution is 0.100. The number of carbonyl (C=O) groups excluding carboxylic acids is 1. The van der Waals surface area contributed by atoms with E-state index in [0.29, 0.717) is 35.0 Å². The van der Waals surface area contributed by atoms with Crippen LogP contribution in [0.15, 0.2) is 37.1 Å². The van der Waals surface area contributed by atoms with Crippen LogP contribution in [0.1, 0.15) is 41.4 Å². The Bertz CT molecular complexity index is 1510. The molecule has 0 unspecified atom stereocenters. The van der Waals surface area contributed by atoms with Crippen molar-refractivity contribution in [3.8, 4) is 0 Å². The molecule has 33 heavy (non-hydrogen) atoms. The van der Waals surface area contributed by atoms with Crippen LogP contribution in [0.4, 0.5) is 5.82 Å². The number of sulfone groups is 1. The van der Waals surface area contributed by atoms with Gasteiger partial charge in [-0.3, -0.25) is 9.20 Å². The number of anilines is 1. The molecule has 5 rings (SSSR count). The molecule has 172 valence electrons. The first kappa shape index (κ1) is 21.7. The number of nitrogens with zero attached hydrogens (tertiary/aromatic N) is 6. The summed E-state index contributed by atoms with van der Waals surface area (Å²) in [5, 5.41) is 4.56. The Labute approximate surface area is 194 Å². The Morgan fingerprint density at radius 1 is 1.36 bits per heavy atom. The molecule has 2 N–H and O–H groups in total. The zero-order valence-corrected chi connectivity index (χ0v) is 19.6. The van der Waals surface area contributed by atoms with Crippen molar-refractivity contribution in [3.63, 3.8) is 0 Å². The zero-order chi connectivity index (χ0) is 23.5. The summed E-state index contributed by atoms with van der Waals surface area (Å²) in [5.41, 5.74) is 8.29. The number of amides is 1. The van der Waals surface area contributed by atoms with Gasteiger partial charge in [0, 0.05) is 37.0 Å². The highest BCUT2D eigenvalue weighted by Gasteiger charge is 2.34. The van der Waals surface area contributed by atoms with Crippen LogP contribution in [0.3, 0.4) is 0 Å². The van der Waals surface area contributed by atoms with Gasteiger partial charge in [-0.1, -0.05) is 18.5 Å². The number of halogens is 1. The number of aromatic nitrogens is 5. The fourth-order valence-corrected chi connectivity index (χ4v) is 5.99. The maximum absolute atomic E-state index is 12.4. The molecule has 1 aliphatic rings. The third-order valence-electron chi connectivity index (χ3n) is 6.23. The third kappa shape index (κ3) is 3.42. The van der Waals surface area contributed by atoms with Crippen LogP contribution in [0, 0.1) is 0 Å². The molecular weight excluding hydrogens is 466 g/mol. The van der Waals surface area contributed by atoms with Crippen molar-refractivity contribution >= 4 is 44.3 Å². The van der Waals surface area contributed by atoms with Crippen molar-refractivity contribution in [1.82, 2.24) is 24.0 Å². The first-order valence-electron chi connectivity index (χ1n) is 10.4. The molecule has 10 nitrogen and oxygen atoms in total. The molecule has 0 saturated carbocycles. The van der Waals surface area contributed by atoms with Crippen LogP contribution < -0.4 is 10.6 Å². The van der Waals surface area contributed by atoms with E-state index in [0.717, 1.165) is 11.4 Å². The van der Waals surface area contributed by atoms with Crippen LogP contribution in [0.5, 0.6) is 0 Å². The van der Waals surface area contributed by atoms with Crippen molar-refractivity contribution in [2.24, 2.45) is 5.73 Å². The number of carbonyl (C=O) groups is 1. The summed E-state index contributed by atoms with van der Waals surface area (Å²) in [6.45, 7) is 4.28. The average Bonchev–Trinajstić information content (AvgIpc) is 3.40. The van der Waals surface area contributed by atoms with Gasteiger partial charge < -0.3 is 10.6 Å². The van der Waals surface area contributed by atoms with E-state index in [2.05, 4.69) is 15.1 Å². The lowest BCUT2D eigenvalue weighted by atomic mass is 9.94. The maximum atomic E-state index is 12.4. The number of nitrogens with two attached hydrogens (primary N) is 1. The molecule has 0 bridgehead atoms. The van der Waals surface area contributed by atoms with Crippen LogP contribution in [0.2, 0.25) is 5.02 Å². The lowest BCUT2D eigenvalue weighted by Gasteiger charge is -2.35. The predicted octanol–water partition coefficient (Wildman–Crippen LogP) is 1.90. The average molecular weight is 488 g/mol. The molecule has 1 saturated heterocycles. The molecule has 1 aliphatic heterocycles. The normalized spacial score (nSPS) is 19.2. The van der Waals surface area contributed by atoms with Crippen molar-refractivity contribution in [3.05, 3.63) is 58.9 Å². The Morgan fingerprint density at radius 2 is 2.15 bits per heavy atom. The minimum absolute atomic E-state index is 0.0472. The second-order valence-corrected chi connectivity index (χ2v) is 11.2. The van der Waals surface area contributed by atoms with Gasteiger partial charge in [0.1, 0.15) is 17.7 Å². The second kappa shape index (κ2) is 7.70. The van der Waals surface area contributed by atoms with E-state index >= 15 is 0 Å². The predicted molar refractivity (Wildman–Crippen MR) is 125 cm³/mol. The minimum atomic E-state index is -3.15. The van der Waals surface area contributed by atoms with Gasteiger partial charge in [-0.2, -0.15) is 5.10 Å². The van der Waals surface area contributed by atoms with E-state index in [9.17, 15) is 13.2 Å². The van der Waals surface area contributed by atoms with Crippen LogP contribution in [-0.4, -0.2) is 62.4 Å². The number of primary amides is 1. The minimum Gasteiger partial charge on any atom is -0.365 e. The summed E-state index contributed by atoms with van der Waals surface area (Å²) in [7, 11) is -3.15. The van der Waals surface area contributed by atoms with E-state index in [1.165, 1.54) is 4.52 Å². The third-order valence-corrected chi connectivity index (χ3v) is 8.66. The number of hydrogen-bond acceptors (Lipinski definition) is 7. The molecule has 0 spiro atoms. The van der Waals surface area contributed by atoms with Gasteiger partial charge in [-0.05, 0) is 19.1 Å². The van der Waals surface area contributed by atoms with Crippen molar-refractivity contribution in [2.75, 3.05) is 23.7 Å². The van der Waals surface area contributed by atoms with Gasteiger partial charge in [-0.15, -0.1) is 0 Å². The monoisotopic (exact) mass is 487 g/mol. The highest BCUT2D eigenvalue weighted by atomic mass is 35.5. The number of rotatable bonds is 4. The summed E-state index contributed by atoms with van der Waals surface area (Å²) < 4.78 is 28.1. The number of imidazole rings is 1. The largest absolute Gasteiger partial charge is 0.365 e. The fraction of sp³-hybridized carbons (Fsp3) is 0.333. The molecular formula is C21H22ClN7O3S. The highest BCUT2D eigenvalue weighted by Crippen LogP contribution is 2.38. The summed E-state index contributed by atoms with van der Waals surface area (Å²) in [5.74, 6) is -0.213. The van der Waals surface area contributed by atoms with E-state index in [-0.39, 0.29) is 11.3 Å². The van der Waals surface area contributed by atoms with Crippen molar-refractivity contribution in [1.29, 1.82) is 0 Å². The molecule has 0 aromatic carbocycles. The van der Waals surface area contributed by atoms with Gasteiger partial charge in [0.15, 0.2) is 15.5 Å². The van der Waals surface area contributed by atoms with Crippen LogP contribution in [0.25, 0.3) is 11.2 Å². The Kier molecular flexibility index (Phi) is 5.05. The van der Waals surface area contributed by atoms with Gasteiger partial charge >= 0.3 is 0 Å². The lowest BCUT2D eigenvalue weighted by Crippen LogP contribution is -2.46. The smallest absolute Gasteiger partial charge is 0.254 e. The first-order chi connectivity index (χ1) is 15.7. The first-order valence-corrected chi connectivity index (χ1v) is 12.5. The van der Waals surface area contributed by atoms with E-state index in [1.54, 1.807) is 37.9 Å². The van der Waals surface area contributed by atoms with Gasteiger partial charge in [0.05, 0.1) is 33.4 Å². The molecule has 1 amide bonds. The summed E-state index contributed by atoms with van der Waals surface area (Å²) in [6.07, 6.45) is 6.59. The van der Waals surface area contributed by atoms with E-state index in [4.69, 9.17) is 17.3 Å². The standard InChI is InChI=1S/C21H22ClN7O3S/c1-12-10-27(6-7-33(12,31)32)21-14(8-15(22)16-9-24-11-28(16)21)13(2)18-17(19(23)30)20-25-4-3-5-29(20)26-18/h3-5,8-9,11-13H,6-7,10H2,1-2H3,(H2,23,30)/t12-,13+/m1/s1. The van der Waals surface area contributed by atoms with Gasteiger partial charge in [0.2, 0.25) is 0 Å². The van der Waals surface area contributed by atoms with Crippen molar-refractivity contribution in [2.45, 2.75) is 25.0 Å².